The van der Waals surface area contributed by atoms with Gasteiger partial charge in [-0.2, -0.15) is 13.2 Å². The van der Waals surface area contributed by atoms with E-state index in [1.54, 1.807) is 36.4 Å². The lowest BCUT2D eigenvalue weighted by Gasteiger charge is -2.16. The number of rotatable bonds is 8. The van der Waals surface area contributed by atoms with Crippen molar-refractivity contribution in [3.8, 4) is 11.1 Å². The van der Waals surface area contributed by atoms with Crippen LogP contribution in [-0.2, 0) is 32.6 Å². The summed E-state index contributed by atoms with van der Waals surface area (Å²) in [7, 11) is -9.14. The van der Waals surface area contributed by atoms with Crippen molar-refractivity contribution in [1.82, 2.24) is 4.72 Å². The van der Waals surface area contributed by atoms with Gasteiger partial charge >= 0.3 is 12.1 Å². The first kappa shape index (κ1) is 28.0. The maximum absolute atomic E-state index is 13.7. The van der Waals surface area contributed by atoms with Crippen LogP contribution in [-0.4, -0.2) is 27.9 Å². The molecule has 0 spiro atoms. The van der Waals surface area contributed by atoms with Crippen LogP contribution in [0.25, 0.3) is 11.1 Å². The second kappa shape index (κ2) is 10.6. The summed E-state index contributed by atoms with van der Waals surface area (Å²) in [4.78, 5) is 9.23. The van der Waals surface area contributed by atoms with Crippen molar-refractivity contribution in [2.24, 2.45) is 0 Å². The number of nitrogens with one attached hydrogen (secondary N) is 1. The Kier molecular flexibility index (Phi) is 7.64. The molecule has 0 aliphatic rings. The third-order valence-electron chi connectivity index (χ3n) is 5.75. The minimum absolute atomic E-state index is 0.0450. The van der Waals surface area contributed by atoms with E-state index >= 15 is 0 Å². The first-order valence-corrected chi connectivity index (χ1v) is 14.2. The summed E-state index contributed by atoms with van der Waals surface area (Å²) in [5.74, 6) is -1.13. The lowest BCUT2D eigenvalue weighted by Crippen LogP contribution is -2.26. The van der Waals surface area contributed by atoms with Crippen molar-refractivity contribution < 1.29 is 39.9 Å². The fourth-order valence-electron chi connectivity index (χ4n) is 3.81. The molecule has 2 N–H and O–H groups in total. The zero-order valence-electron chi connectivity index (χ0n) is 19.9. The van der Waals surface area contributed by atoms with Crippen molar-refractivity contribution in [3.63, 3.8) is 0 Å². The van der Waals surface area contributed by atoms with Crippen LogP contribution in [0.3, 0.4) is 0 Å². The predicted octanol–water partition coefficient (Wildman–Crippen LogP) is 5.38. The molecule has 0 saturated carbocycles. The predicted molar refractivity (Wildman–Crippen MR) is 136 cm³/mol. The van der Waals surface area contributed by atoms with E-state index in [-0.39, 0.29) is 10.5 Å². The molecule has 202 valence electrons. The highest BCUT2D eigenvalue weighted by molar-refractivity contribution is 7.91. The summed E-state index contributed by atoms with van der Waals surface area (Å²) >= 11 is 0. The van der Waals surface area contributed by atoms with E-state index in [4.69, 9.17) is 0 Å². The van der Waals surface area contributed by atoms with Gasteiger partial charge in [-0.15, -0.1) is 0 Å². The zero-order valence-corrected chi connectivity index (χ0v) is 21.5. The van der Waals surface area contributed by atoms with Gasteiger partial charge in [-0.3, -0.25) is 0 Å². The van der Waals surface area contributed by atoms with Gasteiger partial charge in [-0.1, -0.05) is 48.5 Å². The second-order valence-electron chi connectivity index (χ2n) is 8.38. The Labute approximate surface area is 222 Å². The number of aromatic carboxylic acids is 1. The Morgan fingerprint density at radius 1 is 0.744 bits per heavy atom. The number of carbonyl (C=O) groups is 1. The highest BCUT2D eigenvalue weighted by Gasteiger charge is 2.38. The molecule has 0 bridgehead atoms. The van der Waals surface area contributed by atoms with E-state index in [1.165, 1.54) is 42.5 Å². The van der Waals surface area contributed by atoms with Crippen molar-refractivity contribution in [1.29, 1.82) is 0 Å². The summed E-state index contributed by atoms with van der Waals surface area (Å²) in [6.45, 7) is -0.415. The van der Waals surface area contributed by atoms with Gasteiger partial charge in [0.2, 0.25) is 19.9 Å². The van der Waals surface area contributed by atoms with Crippen LogP contribution in [0.15, 0.2) is 112 Å². The minimum atomic E-state index is -5.08. The number of benzene rings is 4. The third-order valence-corrected chi connectivity index (χ3v) is 8.96. The van der Waals surface area contributed by atoms with Gasteiger partial charge in [0, 0.05) is 6.54 Å². The topological polar surface area (TPSA) is 118 Å². The zero-order chi connectivity index (χ0) is 28.4. The van der Waals surface area contributed by atoms with Crippen LogP contribution in [0.5, 0.6) is 0 Å². The summed E-state index contributed by atoms with van der Waals surface area (Å²) in [6.07, 6.45) is -5.08. The molecule has 39 heavy (non-hydrogen) atoms. The molecule has 7 nitrogen and oxygen atoms in total. The fraction of sp³-hybridized carbons (Fsp3) is 0.0741. The smallest absolute Gasteiger partial charge is 0.417 e. The summed E-state index contributed by atoms with van der Waals surface area (Å²) in [5, 5.41) is 9.21. The van der Waals surface area contributed by atoms with Crippen LogP contribution < -0.4 is 4.72 Å². The highest BCUT2D eigenvalue weighted by atomic mass is 32.2. The number of carboxylic acids is 1. The largest absolute Gasteiger partial charge is 0.478 e. The highest BCUT2D eigenvalue weighted by Crippen LogP contribution is 2.36. The van der Waals surface area contributed by atoms with Gasteiger partial charge in [0.1, 0.15) is 0 Å². The van der Waals surface area contributed by atoms with Crippen LogP contribution in [0.4, 0.5) is 13.2 Å². The van der Waals surface area contributed by atoms with Crippen LogP contribution in [0.2, 0.25) is 0 Å². The van der Waals surface area contributed by atoms with Gasteiger partial charge in [0.05, 0.1) is 25.8 Å². The molecular formula is C27H20F3NO6S2. The standard InChI is InChI=1S/C27H20F3NO6S2/c28-27(29,30)24-13-12-23(38(34,35)22-10-2-1-3-11-22)16-25(24)39(36,37)31-17-18-6-4-7-19(14-18)20-8-5-9-21(15-20)26(32)33/h1-16,31H,17H2,(H,32,33). The summed E-state index contributed by atoms with van der Waals surface area (Å²) in [6, 6.07) is 21.0. The van der Waals surface area contributed by atoms with Gasteiger partial charge in [0.25, 0.3) is 0 Å². The number of carboxylic acid groups (broad SMARTS) is 1. The minimum Gasteiger partial charge on any atom is -0.478 e. The average molecular weight is 576 g/mol. The number of halogens is 3. The van der Waals surface area contributed by atoms with Gasteiger partial charge in [-0.25, -0.2) is 26.4 Å². The third kappa shape index (κ3) is 6.19. The number of hydrogen-bond donors (Lipinski definition) is 2. The number of sulfonamides is 1. The first-order valence-electron chi connectivity index (χ1n) is 11.2. The van der Waals surface area contributed by atoms with Crippen LogP contribution in [0, 0.1) is 0 Å². The van der Waals surface area contributed by atoms with Crippen LogP contribution >= 0.6 is 0 Å². The molecule has 0 unspecified atom stereocenters. The molecule has 0 aliphatic heterocycles. The van der Waals surface area contributed by atoms with Crippen molar-refractivity contribution >= 4 is 25.8 Å². The Balaban J connectivity index is 1.68. The van der Waals surface area contributed by atoms with Crippen molar-refractivity contribution in [2.45, 2.75) is 27.4 Å². The van der Waals surface area contributed by atoms with E-state index in [0.717, 1.165) is 6.07 Å². The molecular weight excluding hydrogens is 555 g/mol. The first-order chi connectivity index (χ1) is 18.3. The molecule has 4 aromatic carbocycles. The lowest BCUT2D eigenvalue weighted by atomic mass is 10.0. The summed E-state index contributed by atoms with van der Waals surface area (Å²) in [5.41, 5.74) is 0.00260. The maximum Gasteiger partial charge on any atom is 0.417 e. The molecule has 0 aliphatic carbocycles. The van der Waals surface area contributed by atoms with E-state index in [2.05, 4.69) is 4.72 Å². The van der Waals surface area contributed by atoms with E-state index < -0.39 is 53.9 Å². The summed E-state index contributed by atoms with van der Waals surface area (Å²) < 4.78 is 95.4. The van der Waals surface area contributed by atoms with Crippen LogP contribution in [0.1, 0.15) is 21.5 Å². The van der Waals surface area contributed by atoms with Gasteiger partial charge in [-0.05, 0) is 65.2 Å². The molecule has 4 aromatic rings. The molecule has 0 radical (unpaired) electrons. The molecule has 0 saturated heterocycles. The second-order valence-corrected chi connectivity index (χ2v) is 12.1. The monoisotopic (exact) mass is 575 g/mol. The Bertz CT molecular complexity index is 1750. The molecule has 0 aromatic heterocycles. The van der Waals surface area contributed by atoms with Gasteiger partial charge in [0.15, 0.2) is 0 Å². The van der Waals surface area contributed by atoms with Gasteiger partial charge < -0.3 is 5.11 Å². The number of alkyl halides is 3. The van der Waals surface area contributed by atoms with E-state index in [1.807, 2.05) is 0 Å². The quantitative estimate of drug-likeness (QED) is 0.291. The average Bonchev–Trinajstić information content (AvgIpc) is 2.92. The van der Waals surface area contributed by atoms with E-state index in [0.29, 0.717) is 28.8 Å². The molecule has 0 amide bonds. The Hall–Kier alpha value is -4.00. The molecule has 4 rings (SSSR count). The lowest BCUT2D eigenvalue weighted by molar-refractivity contribution is -0.139. The SMILES string of the molecule is O=C(O)c1cccc(-c2cccc(CNS(=O)(=O)c3cc(S(=O)(=O)c4ccccc4)ccc3C(F)(F)F)c2)c1. The molecule has 0 heterocycles. The Morgan fingerprint density at radius 3 is 2.03 bits per heavy atom. The number of hydrogen-bond acceptors (Lipinski definition) is 5. The van der Waals surface area contributed by atoms with Crippen molar-refractivity contribution in [2.75, 3.05) is 0 Å². The fourth-order valence-corrected chi connectivity index (χ4v) is 6.46. The maximum atomic E-state index is 13.7. The normalized spacial score (nSPS) is 12.3. The Morgan fingerprint density at radius 2 is 1.38 bits per heavy atom. The number of sulfone groups is 1. The molecule has 0 atom stereocenters. The van der Waals surface area contributed by atoms with Crippen molar-refractivity contribution in [3.05, 3.63) is 114 Å². The molecule has 0 fully saturated rings. The van der Waals surface area contributed by atoms with E-state index in [9.17, 15) is 39.9 Å². The molecule has 12 heteroatoms.